The zero-order chi connectivity index (χ0) is 66.5. The van der Waals surface area contributed by atoms with E-state index in [2.05, 4.69) is 47.9 Å². The van der Waals surface area contributed by atoms with Gasteiger partial charge < -0.3 is 62.1 Å². The molecule has 0 saturated heterocycles. The molecule has 9 N–H and O–H groups in total. The number of carbonyl (C=O) groups excluding carboxylic acids is 10. The summed E-state index contributed by atoms with van der Waals surface area (Å²) in [5.41, 5.74) is 2.00. The van der Waals surface area contributed by atoms with E-state index in [0.29, 0.717) is 17.5 Å². The van der Waals surface area contributed by atoms with Gasteiger partial charge in [-0.25, -0.2) is 9.59 Å². The summed E-state index contributed by atoms with van der Waals surface area (Å²) in [6.07, 6.45) is -2.30. The van der Waals surface area contributed by atoms with Crippen LogP contribution >= 0.6 is 0 Å². The molecule has 0 aromatic heterocycles. The molecular formula is C68H95N9O13. The molecule has 4 rings (SSSR count). The first-order valence-corrected chi connectivity index (χ1v) is 30.9. The number of ether oxygens (including phenoxy) is 3. The third-order valence-electron chi connectivity index (χ3n) is 14.4. The number of hydrogen-bond acceptors (Lipinski definition) is 13. The van der Waals surface area contributed by atoms with Crippen molar-refractivity contribution >= 4 is 59.3 Å². The molecule has 0 fully saturated rings. The van der Waals surface area contributed by atoms with Crippen molar-refractivity contribution in [2.24, 2.45) is 29.6 Å². The number of alkyl carbamates (subject to hydrolysis) is 1. The van der Waals surface area contributed by atoms with Crippen molar-refractivity contribution in [1.29, 1.82) is 0 Å². The zero-order valence-corrected chi connectivity index (χ0v) is 54.1. The average Bonchev–Trinajstić information content (AvgIpc) is 2.62. The van der Waals surface area contributed by atoms with Gasteiger partial charge in [-0.15, -0.1) is 0 Å². The molecule has 0 aliphatic heterocycles. The molecule has 0 radical (unpaired) electrons. The van der Waals surface area contributed by atoms with Gasteiger partial charge in [-0.1, -0.05) is 183 Å². The minimum Gasteiger partial charge on any atom is -0.459 e. The number of carbonyl (C=O) groups is 10. The Hall–Kier alpha value is -8.66. The number of esters is 1. The molecule has 4 aromatic rings. The van der Waals surface area contributed by atoms with E-state index >= 15 is 0 Å². The summed E-state index contributed by atoms with van der Waals surface area (Å²) in [4.78, 5) is 139. The molecule has 0 bridgehead atoms. The lowest BCUT2D eigenvalue weighted by atomic mass is 9.96. The molecule has 22 nitrogen and oxygen atoms in total. The zero-order valence-electron chi connectivity index (χ0n) is 54.1. The van der Waals surface area contributed by atoms with Gasteiger partial charge in [0.2, 0.25) is 47.3 Å². The largest absolute Gasteiger partial charge is 0.459 e. The second-order valence-corrected chi connectivity index (χ2v) is 24.8. The van der Waals surface area contributed by atoms with Crippen molar-refractivity contribution in [3.8, 4) is 0 Å². The van der Waals surface area contributed by atoms with Crippen LogP contribution in [0.15, 0.2) is 121 Å². The molecule has 4 aromatic carbocycles. The fraction of sp³-hybridized carbons (Fsp3) is 0.500. The maximum absolute atomic E-state index is 14.9. The van der Waals surface area contributed by atoms with Crippen LogP contribution in [0.1, 0.15) is 125 Å². The molecule has 0 aliphatic carbocycles. The van der Waals surface area contributed by atoms with Crippen molar-refractivity contribution in [3.63, 3.8) is 0 Å². The quantitative estimate of drug-likeness (QED) is 0.0148. The van der Waals surface area contributed by atoms with Crippen LogP contribution in [0, 0.1) is 29.6 Å². The fourth-order valence-electron chi connectivity index (χ4n) is 9.31. The van der Waals surface area contributed by atoms with Crippen LogP contribution < -0.4 is 47.9 Å². The monoisotopic (exact) mass is 1250 g/mol. The fourth-order valence-corrected chi connectivity index (χ4v) is 9.31. The van der Waals surface area contributed by atoms with Crippen molar-refractivity contribution in [2.75, 3.05) is 13.1 Å². The Labute approximate surface area is 530 Å². The Morgan fingerprint density at radius 1 is 0.444 bits per heavy atom. The molecule has 90 heavy (non-hydrogen) atoms. The van der Waals surface area contributed by atoms with Crippen LogP contribution in [0.2, 0.25) is 0 Å². The van der Waals surface area contributed by atoms with E-state index in [1.54, 1.807) is 109 Å². The predicted molar refractivity (Wildman–Crippen MR) is 341 cm³/mol. The highest BCUT2D eigenvalue weighted by Crippen LogP contribution is 2.17. The van der Waals surface area contributed by atoms with Gasteiger partial charge in [0, 0.05) is 6.42 Å². The van der Waals surface area contributed by atoms with Crippen LogP contribution in [0.25, 0.3) is 0 Å². The molecular weight excluding hydrogens is 1150 g/mol. The minimum atomic E-state index is -1.51. The van der Waals surface area contributed by atoms with Gasteiger partial charge in [-0.3, -0.25) is 38.4 Å². The van der Waals surface area contributed by atoms with Gasteiger partial charge in [0.25, 0.3) is 0 Å². The minimum absolute atomic E-state index is 0.0248. The first kappa shape index (κ1) is 73.8. The van der Waals surface area contributed by atoms with E-state index in [-0.39, 0.29) is 50.7 Å². The van der Waals surface area contributed by atoms with Crippen molar-refractivity contribution in [3.05, 3.63) is 144 Å². The lowest BCUT2D eigenvalue weighted by Crippen LogP contribution is -2.61. The second-order valence-electron chi connectivity index (χ2n) is 24.8. The number of rotatable bonds is 35. The Balaban J connectivity index is 1.56. The Kier molecular flexibility index (Phi) is 30.6. The van der Waals surface area contributed by atoms with Gasteiger partial charge in [0.1, 0.15) is 61.0 Å². The van der Waals surface area contributed by atoms with E-state index in [1.165, 1.54) is 0 Å². The predicted octanol–water partition coefficient (Wildman–Crippen LogP) is 5.85. The van der Waals surface area contributed by atoms with Gasteiger partial charge in [-0.05, 0) is 92.9 Å². The van der Waals surface area contributed by atoms with Gasteiger partial charge in [0.15, 0.2) is 0 Å². The third kappa shape index (κ3) is 27.0. The van der Waals surface area contributed by atoms with Gasteiger partial charge in [-0.2, -0.15) is 0 Å². The third-order valence-corrected chi connectivity index (χ3v) is 14.4. The summed E-state index contributed by atoms with van der Waals surface area (Å²) in [6.45, 7) is 20.1. The van der Waals surface area contributed by atoms with E-state index in [4.69, 9.17) is 14.2 Å². The van der Waals surface area contributed by atoms with Gasteiger partial charge >= 0.3 is 12.1 Å². The second kappa shape index (κ2) is 37.4. The molecule has 22 heteroatoms. The molecule has 0 aliphatic rings. The molecule has 9 atom stereocenters. The molecule has 9 amide bonds. The standard InChI is InChI=1S/C68H95N9O13/c1-13-45(8)57(74-56(79)39-70-67(87)90-68(10,11)12)64(84)72-52(34-42(2)3)62(82)69-38-55(78)71-53(37-48-28-20-15-21-29-48)63(83)77-59(44(6)7)76-61(81)51(36-47-26-18-14-19-27-47)60(80)75-58(46(9)88-40-49-30-22-16-23-31-49)65(85)73-54(35-43(4)5)66(86)89-41-50-32-24-17-25-33-50/h14-33,42-46,51-54,57-59H,13,34-41H2,1-12H3,(H,69,82)(H,70,87)(H,71,78)(H,72,84)(H,73,85)(H,74,79)(H,75,80)(H,76,81)(H,77,83)/t45-,46+,51?,52-,53-,54-,57-,58-,59+/m0/s1. The molecule has 0 heterocycles. The topological polar surface area (TPSA) is 307 Å². The summed E-state index contributed by atoms with van der Waals surface area (Å²) in [5, 5.41) is 24.4. The lowest BCUT2D eigenvalue weighted by Gasteiger charge is -2.30. The summed E-state index contributed by atoms with van der Waals surface area (Å²) >= 11 is 0. The summed E-state index contributed by atoms with van der Waals surface area (Å²) < 4.78 is 17.1. The molecule has 0 spiro atoms. The van der Waals surface area contributed by atoms with Crippen molar-refractivity contribution < 1.29 is 62.2 Å². The normalized spacial score (nSPS) is 14.3. The van der Waals surface area contributed by atoms with Crippen molar-refractivity contribution in [2.45, 2.75) is 176 Å². The molecule has 1 unspecified atom stereocenters. The molecule has 0 saturated carbocycles. The number of amides is 9. The smallest absolute Gasteiger partial charge is 0.408 e. The highest BCUT2D eigenvalue weighted by atomic mass is 16.6. The number of benzene rings is 4. The van der Waals surface area contributed by atoms with Crippen LogP contribution in [0.5, 0.6) is 0 Å². The highest BCUT2D eigenvalue weighted by molar-refractivity contribution is 6.03. The Morgan fingerprint density at radius 3 is 1.42 bits per heavy atom. The van der Waals surface area contributed by atoms with E-state index < -0.39 is 138 Å². The average molecular weight is 1250 g/mol. The molecule has 490 valence electrons. The van der Waals surface area contributed by atoms with Crippen molar-refractivity contribution in [1.82, 2.24) is 47.9 Å². The van der Waals surface area contributed by atoms with Crippen LogP contribution in [-0.2, 0) is 83.4 Å². The first-order chi connectivity index (χ1) is 42.6. The number of nitrogens with one attached hydrogen (secondary N) is 9. The van der Waals surface area contributed by atoms with E-state index in [1.807, 2.05) is 95.3 Å². The SMILES string of the molecule is CC[C@H](C)[C@H](NC(=O)CNC(=O)OC(C)(C)C)C(=O)N[C@@H](CC(C)C)C(=O)NCC(=O)N[C@@H](Cc1ccccc1)C(=O)N[C@@H](NC(=O)C(Cc1ccccc1)C(=O)N[C@H](C(=O)N[C@@H](CC(C)C)C(=O)OCc1ccccc1)[C@@H](C)OCc1ccccc1)C(C)C. The first-order valence-electron chi connectivity index (χ1n) is 30.9. The Morgan fingerprint density at radius 2 is 0.900 bits per heavy atom. The maximum Gasteiger partial charge on any atom is 0.408 e. The van der Waals surface area contributed by atoms with Gasteiger partial charge in [0.05, 0.1) is 19.3 Å². The van der Waals surface area contributed by atoms with Crippen LogP contribution in [-0.4, -0.2) is 120 Å². The summed E-state index contributed by atoms with van der Waals surface area (Å²) in [6, 6.07) is 29.8. The highest BCUT2D eigenvalue weighted by Gasteiger charge is 2.38. The Bertz CT molecular complexity index is 2940. The summed E-state index contributed by atoms with van der Waals surface area (Å²) in [7, 11) is 0. The van der Waals surface area contributed by atoms with Crippen LogP contribution in [0.4, 0.5) is 4.79 Å². The van der Waals surface area contributed by atoms with E-state index in [9.17, 15) is 47.9 Å². The summed E-state index contributed by atoms with van der Waals surface area (Å²) in [5.74, 6) is -9.20. The lowest BCUT2D eigenvalue weighted by molar-refractivity contribution is -0.150. The van der Waals surface area contributed by atoms with E-state index in [0.717, 1.165) is 11.1 Å². The maximum atomic E-state index is 14.9. The van der Waals surface area contributed by atoms with Crippen LogP contribution in [0.3, 0.4) is 0 Å². The number of hydrogen-bond donors (Lipinski definition) is 9.